The Morgan fingerprint density at radius 2 is 1.17 bits per heavy atom. The summed E-state index contributed by atoms with van der Waals surface area (Å²) < 4.78 is 34.7. The van der Waals surface area contributed by atoms with E-state index in [1.165, 1.54) is 0 Å². The van der Waals surface area contributed by atoms with E-state index in [1.54, 1.807) is 20.8 Å². The number of hydrogen-bond acceptors (Lipinski definition) is 16. The second-order valence-corrected chi connectivity index (χ2v) is 30.3. The maximum Gasteiger partial charge on any atom is 0.407 e. The lowest BCUT2D eigenvalue weighted by atomic mass is 9.62. The lowest BCUT2D eigenvalue weighted by molar-refractivity contribution is -0.158. The summed E-state index contributed by atoms with van der Waals surface area (Å²) in [5.41, 5.74) is 7.58. The summed E-state index contributed by atoms with van der Waals surface area (Å²) in [5, 5.41) is 14.6. The monoisotopic (exact) mass is 1220 g/mol. The number of carbonyl (C=O) groups excluding carboxylic acids is 6. The van der Waals surface area contributed by atoms with Crippen molar-refractivity contribution in [2.75, 3.05) is 38.2 Å². The van der Waals surface area contributed by atoms with Crippen LogP contribution in [-0.4, -0.2) is 125 Å². The molecule has 4 unspecified atom stereocenters. The molecule has 0 radical (unpaired) electrons. The second kappa shape index (κ2) is 31.9. The molecule has 1 aromatic rings. The van der Waals surface area contributed by atoms with Gasteiger partial charge in [-0.25, -0.2) is 19.4 Å². The standard InChI is InChI=1S/C64H115N9O13/c1-43-47(27-32-82-54(79)68-42-64(18)39-46(38-57(4,5)41-64)70-51(77)62(14,15)65)50(76)72-52(69-43)73-53(78)67-40-44-35-45(37-56(2,3)36-44)71-55(80)85-58(6,7)28-23-19-21-25-48(74)83-59(8,9)30-33-81-34-31-60(10,11)84-49(75)26-22-20-24-29-61(12,13)86-63(16,17)66/h44-46H,19-42,65-66H2,1-18H3,(H,68,79)(H,70,77)(H,71,80)(H3,67,69,72,73,76,78). The number of nitrogens with zero attached hydrogens (tertiary/aromatic N) is 1. The van der Waals surface area contributed by atoms with Gasteiger partial charge in [-0.15, -0.1) is 0 Å². The number of anilines is 1. The van der Waals surface area contributed by atoms with Crippen LogP contribution in [-0.2, 0) is 49.2 Å². The van der Waals surface area contributed by atoms with Crippen LogP contribution in [0.4, 0.5) is 20.3 Å². The van der Waals surface area contributed by atoms with Gasteiger partial charge in [-0.1, -0.05) is 53.9 Å². The summed E-state index contributed by atoms with van der Waals surface area (Å²) in [5.74, 6) is -0.705. The molecule has 22 nitrogen and oxygen atoms in total. The molecule has 10 N–H and O–H groups in total. The molecule has 494 valence electrons. The summed E-state index contributed by atoms with van der Waals surface area (Å²) in [6, 6.07) is -0.820. The first kappa shape index (κ1) is 75.2. The number of rotatable bonds is 34. The van der Waals surface area contributed by atoms with E-state index >= 15 is 0 Å². The third-order valence-corrected chi connectivity index (χ3v) is 15.9. The average Bonchev–Trinajstić information content (AvgIpc) is 2.95. The number of aromatic amines is 1. The van der Waals surface area contributed by atoms with E-state index in [2.05, 4.69) is 71.2 Å². The van der Waals surface area contributed by atoms with Gasteiger partial charge >= 0.3 is 30.2 Å². The normalized spacial score (nSPS) is 20.0. The van der Waals surface area contributed by atoms with E-state index in [4.69, 9.17) is 39.9 Å². The van der Waals surface area contributed by atoms with Crippen LogP contribution in [0.25, 0.3) is 0 Å². The van der Waals surface area contributed by atoms with Crippen LogP contribution in [0.1, 0.15) is 245 Å². The van der Waals surface area contributed by atoms with Crippen LogP contribution in [0.15, 0.2) is 4.79 Å². The summed E-state index contributed by atoms with van der Waals surface area (Å²) in [6.45, 7) is 36.0. The predicted molar refractivity (Wildman–Crippen MR) is 334 cm³/mol. The summed E-state index contributed by atoms with van der Waals surface area (Å²) in [6.07, 6.45) is 11.3. The first-order valence-corrected chi connectivity index (χ1v) is 31.5. The molecule has 0 aliphatic heterocycles. The van der Waals surface area contributed by atoms with Gasteiger partial charge < -0.3 is 61.2 Å². The molecule has 3 rings (SSSR count). The number of carbonyl (C=O) groups is 6. The molecule has 0 spiro atoms. The third-order valence-electron chi connectivity index (χ3n) is 15.9. The topological polar surface area (TPSA) is 316 Å². The van der Waals surface area contributed by atoms with Crippen molar-refractivity contribution in [1.82, 2.24) is 31.2 Å². The van der Waals surface area contributed by atoms with Gasteiger partial charge in [-0.3, -0.25) is 29.5 Å². The second-order valence-electron chi connectivity index (χ2n) is 30.3. The first-order valence-electron chi connectivity index (χ1n) is 31.5. The zero-order valence-corrected chi connectivity index (χ0v) is 56.1. The molecule has 1 heterocycles. The first-order chi connectivity index (χ1) is 39.3. The molecule has 0 bridgehead atoms. The summed E-state index contributed by atoms with van der Waals surface area (Å²) >= 11 is 0. The highest BCUT2D eigenvalue weighted by Crippen LogP contribution is 2.46. The van der Waals surface area contributed by atoms with Crippen molar-refractivity contribution in [2.24, 2.45) is 33.6 Å². The molecule has 0 saturated heterocycles. The van der Waals surface area contributed by atoms with Crippen molar-refractivity contribution in [3.63, 3.8) is 0 Å². The van der Waals surface area contributed by atoms with E-state index in [0.29, 0.717) is 82.5 Å². The number of urea groups is 1. The number of amides is 5. The number of nitrogens with two attached hydrogens (primary N) is 2. The lowest BCUT2D eigenvalue weighted by Crippen LogP contribution is -2.56. The number of alkyl carbamates (subject to hydrolysis) is 2. The fourth-order valence-electron chi connectivity index (χ4n) is 12.4. The lowest BCUT2D eigenvalue weighted by Gasteiger charge is -2.47. The number of unbranched alkanes of at least 4 members (excludes halogenated alkanes) is 4. The van der Waals surface area contributed by atoms with Crippen LogP contribution < -0.4 is 43.6 Å². The van der Waals surface area contributed by atoms with Crippen LogP contribution in [0, 0.1) is 29.1 Å². The molecule has 2 saturated carbocycles. The zero-order chi connectivity index (χ0) is 65.2. The average molecular weight is 1220 g/mol. The quantitative estimate of drug-likeness (QED) is 0.0138. The maximum atomic E-state index is 13.3. The van der Waals surface area contributed by atoms with Gasteiger partial charge in [0, 0.05) is 62.8 Å². The van der Waals surface area contributed by atoms with Gasteiger partial charge in [-0.2, -0.15) is 0 Å². The third kappa shape index (κ3) is 30.7. The fourth-order valence-corrected chi connectivity index (χ4v) is 12.4. The van der Waals surface area contributed by atoms with E-state index < -0.39 is 51.8 Å². The van der Waals surface area contributed by atoms with E-state index in [0.717, 1.165) is 64.2 Å². The number of ether oxygens (including phenoxy) is 6. The zero-order valence-electron chi connectivity index (χ0n) is 56.1. The number of aryl methyl sites for hydroxylation is 1. The molecule has 86 heavy (non-hydrogen) atoms. The van der Waals surface area contributed by atoms with Crippen molar-refractivity contribution < 1.29 is 57.2 Å². The minimum absolute atomic E-state index is 0.0248. The highest BCUT2D eigenvalue weighted by Gasteiger charge is 2.43. The summed E-state index contributed by atoms with van der Waals surface area (Å²) in [4.78, 5) is 97.3. The highest BCUT2D eigenvalue weighted by molar-refractivity contribution is 5.87. The van der Waals surface area contributed by atoms with Gasteiger partial charge in [-0.05, 0) is 183 Å². The SMILES string of the molecule is Cc1nc(NC(=O)NCC2CC(NC(=O)OC(C)(C)CCCCCC(=O)OC(C)(C)CCOCCC(C)(C)OC(=O)CCCCCC(C)(C)OC(C)(C)N)CC(C)(C)C2)[nH]c(=O)c1CCOC(=O)NCC1(C)CC(NC(=O)C(C)(C)N)CC(C)(C)C1. The molecule has 1 aromatic heterocycles. The highest BCUT2D eigenvalue weighted by atomic mass is 16.6. The number of nitrogens with one attached hydrogen (secondary N) is 6. The Morgan fingerprint density at radius 3 is 1.72 bits per heavy atom. The molecule has 5 amide bonds. The number of aromatic nitrogens is 2. The minimum atomic E-state index is -1.00. The Hall–Kier alpha value is -5.06. The molecule has 2 aliphatic carbocycles. The van der Waals surface area contributed by atoms with Crippen molar-refractivity contribution in [2.45, 2.75) is 292 Å². The molecule has 0 aromatic carbocycles. The Labute approximate surface area is 514 Å². The Bertz CT molecular complexity index is 2440. The molecule has 2 fully saturated rings. The minimum Gasteiger partial charge on any atom is -0.460 e. The molecule has 4 atom stereocenters. The van der Waals surface area contributed by atoms with Crippen molar-refractivity contribution in [1.29, 1.82) is 0 Å². The van der Waals surface area contributed by atoms with E-state index in [1.807, 2.05) is 69.2 Å². The van der Waals surface area contributed by atoms with Crippen LogP contribution >= 0.6 is 0 Å². The fraction of sp³-hybridized carbons (Fsp3) is 0.844. The van der Waals surface area contributed by atoms with Crippen molar-refractivity contribution in [3.8, 4) is 0 Å². The van der Waals surface area contributed by atoms with Crippen molar-refractivity contribution >= 4 is 42.0 Å². The largest absolute Gasteiger partial charge is 0.460 e. The summed E-state index contributed by atoms with van der Waals surface area (Å²) in [7, 11) is 0. The Morgan fingerprint density at radius 1 is 0.628 bits per heavy atom. The molecule has 2 aliphatic rings. The predicted octanol–water partition coefficient (Wildman–Crippen LogP) is 10.4. The van der Waals surface area contributed by atoms with Gasteiger partial charge in [0.05, 0.1) is 36.7 Å². The molecule has 22 heteroatoms. The van der Waals surface area contributed by atoms with Crippen LogP contribution in [0.5, 0.6) is 0 Å². The molecular weight excluding hydrogens is 1100 g/mol. The number of H-pyrrole nitrogens is 1. The van der Waals surface area contributed by atoms with Crippen LogP contribution in [0.2, 0.25) is 0 Å². The van der Waals surface area contributed by atoms with E-state index in [-0.39, 0.29) is 83.1 Å². The van der Waals surface area contributed by atoms with Gasteiger partial charge in [0.25, 0.3) is 5.56 Å². The Kier molecular flexibility index (Phi) is 27.9. The Balaban J connectivity index is 1.31. The number of hydrogen-bond donors (Lipinski definition) is 8. The molecular formula is C64H115N9O13. The van der Waals surface area contributed by atoms with Gasteiger partial charge in [0.2, 0.25) is 11.9 Å². The van der Waals surface area contributed by atoms with Gasteiger partial charge in [0.1, 0.15) is 22.5 Å². The smallest absolute Gasteiger partial charge is 0.407 e. The maximum absolute atomic E-state index is 13.3. The van der Waals surface area contributed by atoms with E-state index in [9.17, 15) is 33.6 Å². The number of esters is 2. The van der Waals surface area contributed by atoms with Crippen LogP contribution in [0.3, 0.4) is 0 Å². The van der Waals surface area contributed by atoms with Gasteiger partial charge in [0.15, 0.2) is 0 Å². The van der Waals surface area contributed by atoms with Crippen molar-refractivity contribution in [3.05, 3.63) is 21.6 Å².